The van der Waals surface area contributed by atoms with Crippen LogP contribution in [0.1, 0.15) is 10.4 Å². The predicted octanol–water partition coefficient (Wildman–Crippen LogP) is 0.892. The zero-order valence-electron chi connectivity index (χ0n) is 7.89. The molecule has 0 aliphatic rings. The van der Waals surface area contributed by atoms with E-state index in [-0.39, 0.29) is 5.91 Å². The SMILES string of the molecule is CNCC(=O)NCc1sccc1C. The highest BCUT2D eigenvalue weighted by Crippen LogP contribution is 2.14. The second-order valence-electron chi connectivity index (χ2n) is 2.83. The second kappa shape index (κ2) is 4.99. The Kier molecular flexibility index (Phi) is 3.92. The van der Waals surface area contributed by atoms with Gasteiger partial charge in [-0.25, -0.2) is 0 Å². The number of carbonyl (C=O) groups is 1. The zero-order chi connectivity index (χ0) is 9.68. The third-order valence-electron chi connectivity index (χ3n) is 1.75. The molecule has 0 fully saturated rings. The number of aryl methyl sites for hydroxylation is 1. The Morgan fingerprint density at radius 2 is 2.38 bits per heavy atom. The summed E-state index contributed by atoms with van der Waals surface area (Å²) in [7, 11) is 1.76. The van der Waals surface area contributed by atoms with Crippen LogP contribution in [0.5, 0.6) is 0 Å². The Morgan fingerprint density at radius 3 is 2.92 bits per heavy atom. The Morgan fingerprint density at radius 1 is 1.62 bits per heavy atom. The normalized spacial score (nSPS) is 10.0. The highest BCUT2D eigenvalue weighted by Gasteiger charge is 2.02. The summed E-state index contributed by atoms with van der Waals surface area (Å²) in [4.78, 5) is 12.3. The van der Waals surface area contributed by atoms with Gasteiger partial charge in [-0.1, -0.05) is 0 Å². The van der Waals surface area contributed by atoms with Gasteiger partial charge in [-0.3, -0.25) is 4.79 Å². The molecule has 0 aromatic carbocycles. The van der Waals surface area contributed by atoms with Crippen LogP contribution < -0.4 is 10.6 Å². The Balaban J connectivity index is 2.35. The number of hydrogen-bond donors (Lipinski definition) is 2. The Hall–Kier alpha value is -0.870. The van der Waals surface area contributed by atoms with Crippen LogP contribution in [-0.4, -0.2) is 19.5 Å². The van der Waals surface area contributed by atoms with Crippen LogP contribution >= 0.6 is 11.3 Å². The molecule has 0 bridgehead atoms. The number of amides is 1. The Labute approximate surface area is 82.2 Å². The van der Waals surface area contributed by atoms with E-state index in [1.54, 1.807) is 18.4 Å². The molecular weight excluding hydrogens is 184 g/mol. The highest BCUT2D eigenvalue weighted by atomic mass is 32.1. The molecule has 0 spiro atoms. The van der Waals surface area contributed by atoms with Crippen molar-refractivity contribution >= 4 is 17.2 Å². The van der Waals surface area contributed by atoms with Crippen LogP contribution in [0, 0.1) is 6.92 Å². The Bertz CT molecular complexity index is 283. The molecule has 1 rings (SSSR count). The van der Waals surface area contributed by atoms with E-state index in [0.717, 1.165) is 0 Å². The van der Waals surface area contributed by atoms with Crippen molar-refractivity contribution in [3.05, 3.63) is 21.9 Å². The summed E-state index contributed by atoms with van der Waals surface area (Å²) in [5.74, 6) is 0.0373. The van der Waals surface area contributed by atoms with Gasteiger partial charge in [-0.15, -0.1) is 11.3 Å². The number of nitrogens with one attached hydrogen (secondary N) is 2. The minimum atomic E-state index is 0.0373. The van der Waals surface area contributed by atoms with Gasteiger partial charge in [-0.05, 0) is 31.0 Å². The molecule has 0 atom stereocenters. The molecule has 1 aromatic rings. The van der Waals surface area contributed by atoms with Crippen molar-refractivity contribution in [2.75, 3.05) is 13.6 Å². The van der Waals surface area contributed by atoms with Crippen molar-refractivity contribution < 1.29 is 4.79 Å². The second-order valence-corrected chi connectivity index (χ2v) is 3.83. The maximum absolute atomic E-state index is 11.1. The first kappa shape index (κ1) is 10.2. The van der Waals surface area contributed by atoms with Gasteiger partial charge in [0, 0.05) is 4.88 Å². The van der Waals surface area contributed by atoms with Gasteiger partial charge in [-0.2, -0.15) is 0 Å². The van der Waals surface area contributed by atoms with Gasteiger partial charge in [0.1, 0.15) is 0 Å². The molecular formula is C9H14N2OS. The molecule has 3 nitrogen and oxygen atoms in total. The summed E-state index contributed by atoms with van der Waals surface area (Å²) >= 11 is 1.67. The van der Waals surface area contributed by atoms with E-state index in [4.69, 9.17) is 0 Å². The van der Waals surface area contributed by atoms with E-state index in [1.165, 1.54) is 10.4 Å². The lowest BCUT2D eigenvalue weighted by molar-refractivity contribution is -0.120. The fraction of sp³-hybridized carbons (Fsp3) is 0.444. The minimum absolute atomic E-state index is 0.0373. The van der Waals surface area contributed by atoms with Gasteiger partial charge < -0.3 is 10.6 Å². The van der Waals surface area contributed by atoms with E-state index >= 15 is 0 Å². The monoisotopic (exact) mass is 198 g/mol. The summed E-state index contributed by atoms with van der Waals surface area (Å²) in [6.45, 7) is 3.07. The molecule has 0 saturated heterocycles. The smallest absolute Gasteiger partial charge is 0.234 e. The van der Waals surface area contributed by atoms with Gasteiger partial charge in [0.2, 0.25) is 5.91 Å². The van der Waals surface area contributed by atoms with Crippen molar-refractivity contribution in [2.45, 2.75) is 13.5 Å². The number of hydrogen-bond acceptors (Lipinski definition) is 3. The lowest BCUT2D eigenvalue weighted by Crippen LogP contribution is -2.31. The summed E-state index contributed by atoms with van der Waals surface area (Å²) < 4.78 is 0. The largest absolute Gasteiger partial charge is 0.350 e. The third-order valence-corrected chi connectivity index (χ3v) is 2.77. The standard InChI is InChI=1S/C9H14N2OS/c1-7-3-4-13-8(7)5-11-9(12)6-10-2/h3-4,10H,5-6H2,1-2H3,(H,11,12). The fourth-order valence-corrected chi connectivity index (χ4v) is 1.83. The van der Waals surface area contributed by atoms with E-state index in [2.05, 4.69) is 23.6 Å². The minimum Gasteiger partial charge on any atom is -0.350 e. The number of carbonyl (C=O) groups excluding carboxylic acids is 1. The van der Waals surface area contributed by atoms with Crippen LogP contribution in [0.3, 0.4) is 0 Å². The number of thiophene rings is 1. The van der Waals surface area contributed by atoms with E-state index in [0.29, 0.717) is 13.1 Å². The summed E-state index contributed by atoms with van der Waals surface area (Å²) in [5.41, 5.74) is 1.25. The highest BCUT2D eigenvalue weighted by molar-refractivity contribution is 7.10. The van der Waals surface area contributed by atoms with Crippen LogP contribution in [0.4, 0.5) is 0 Å². The fourth-order valence-electron chi connectivity index (χ4n) is 0.987. The molecule has 0 unspecified atom stereocenters. The zero-order valence-corrected chi connectivity index (χ0v) is 8.70. The van der Waals surface area contributed by atoms with Crippen molar-refractivity contribution in [2.24, 2.45) is 0 Å². The first-order valence-corrected chi connectivity index (χ1v) is 5.06. The maximum Gasteiger partial charge on any atom is 0.234 e. The van der Waals surface area contributed by atoms with Crippen molar-refractivity contribution in [3.8, 4) is 0 Å². The van der Waals surface area contributed by atoms with Crippen molar-refractivity contribution in [1.29, 1.82) is 0 Å². The van der Waals surface area contributed by atoms with E-state index in [1.807, 2.05) is 5.38 Å². The number of rotatable bonds is 4. The van der Waals surface area contributed by atoms with Crippen molar-refractivity contribution in [3.63, 3.8) is 0 Å². The molecule has 13 heavy (non-hydrogen) atoms. The van der Waals surface area contributed by atoms with Gasteiger partial charge in [0.25, 0.3) is 0 Å². The molecule has 0 aliphatic carbocycles. The molecule has 0 radical (unpaired) electrons. The summed E-state index contributed by atoms with van der Waals surface area (Å²) in [6, 6.07) is 2.06. The van der Waals surface area contributed by atoms with Crippen LogP contribution in [0.2, 0.25) is 0 Å². The van der Waals surface area contributed by atoms with Gasteiger partial charge in [0.05, 0.1) is 13.1 Å². The molecule has 1 amide bonds. The lowest BCUT2D eigenvalue weighted by atomic mass is 10.3. The predicted molar refractivity (Wildman–Crippen MR) is 54.8 cm³/mol. The summed E-state index contributed by atoms with van der Waals surface area (Å²) in [5, 5.41) is 7.68. The average Bonchev–Trinajstić information content (AvgIpc) is 2.48. The van der Waals surface area contributed by atoms with Crippen LogP contribution in [-0.2, 0) is 11.3 Å². The molecule has 4 heteroatoms. The molecule has 0 saturated carbocycles. The average molecular weight is 198 g/mol. The first-order chi connectivity index (χ1) is 6.24. The summed E-state index contributed by atoms with van der Waals surface area (Å²) in [6.07, 6.45) is 0. The lowest BCUT2D eigenvalue weighted by Gasteiger charge is -2.03. The molecule has 2 N–H and O–H groups in total. The molecule has 0 aliphatic heterocycles. The van der Waals surface area contributed by atoms with E-state index in [9.17, 15) is 4.79 Å². The van der Waals surface area contributed by atoms with Crippen LogP contribution in [0.25, 0.3) is 0 Å². The molecule has 1 aromatic heterocycles. The molecule has 72 valence electrons. The molecule has 1 heterocycles. The third kappa shape index (κ3) is 3.16. The van der Waals surface area contributed by atoms with Crippen LogP contribution in [0.15, 0.2) is 11.4 Å². The van der Waals surface area contributed by atoms with Crippen molar-refractivity contribution in [1.82, 2.24) is 10.6 Å². The van der Waals surface area contributed by atoms with Gasteiger partial charge >= 0.3 is 0 Å². The quantitative estimate of drug-likeness (QED) is 0.754. The topological polar surface area (TPSA) is 41.1 Å². The van der Waals surface area contributed by atoms with E-state index < -0.39 is 0 Å². The van der Waals surface area contributed by atoms with Gasteiger partial charge in [0.15, 0.2) is 0 Å². The first-order valence-electron chi connectivity index (χ1n) is 4.18. The maximum atomic E-state index is 11.1. The number of likely N-dealkylation sites (N-methyl/N-ethyl adjacent to an activating group) is 1.